The van der Waals surface area contributed by atoms with Gasteiger partial charge in [0.25, 0.3) is 5.91 Å². The number of carbonyl (C=O) groups excluding carboxylic acids is 2. The third-order valence-corrected chi connectivity index (χ3v) is 4.76. The van der Waals surface area contributed by atoms with E-state index in [0.29, 0.717) is 0 Å². The van der Waals surface area contributed by atoms with Gasteiger partial charge in [0.1, 0.15) is 18.2 Å². The van der Waals surface area contributed by atoms with Gasteiger partial charge in [-0.3, -0.25) is 9.59 Å². The number of rotatable bonds is 7. The number of nitrogens with one attached hydrogen (secondary N) is 2. The van der Waals surface area contributed by atoms with Crippen molar-refractivity contribution in [2.24, 2.45) is 0 Å². The molecule has 2 aromatic rings. The normalized spacial score (nSPS) is 12.3. The van der Waals surface area contributed by atoms with Gasteiger partial charge in [0, 0.05) is 0 Å². The number of hydrogen-bond acceptors (Lipinski definition) is 5. The van der Waals surface area contributed by atoms with Crippen LogP contribution in [0.25, 0.3) is 0 Å². The Bertz CT molecular complexity index is 933. The number of esters is 1. The van der Waals surface area contributed by atoms with E-state index in [0.717, 1.165) is 30.3 Å². The van der Waals surface area contributed by atoms with Gasteiger partial charge < -0.3 is 10.1 Å². The molecule has 7 nitrogen and oxygen atoms in total. The standard InChI is InChI=1S/C17H16F2N2O5S/c1-11(17(23)21-15-5-3-2-4-14(15)19)26-16(22)10-20-27(24,25)13-8-6-12(18)7-9-13/h2-9,11,20H,10H2,1H3,(H,21,23)/t11-/m0/s1. The van der Waals surface area contributed by atoms with E-state index >= 15 is 0 Å². The van der Waals surface area contributed by atoms with Crippen LogP contribution in [0.15, 0.2) is 53.4 Å². The van der Waals surface area contributed by atoms with Crippen LogP contribution in [0, 0.1) is 11.6 Å². The lowest BCUT2D eigenvalue weighted by molar-refractivity contribution is -0.151. The number of benzene rings is 2. The largest absolute Gasteiger partial charge is 0.452 e. The Morgan fingerprint density at radius 1 is 1.07 bits per heavy atom. The summed E-state index contributed by atoms with van der Waals surface area (Å²) < 4.78 is 57.1. The molecule has 0 aromatic heterocycles. The smallest absolute Gasteiger partial charge is 0.321 e. The van der Waals surface area contributed by atoms with Gasteiger partial charge in [-0.2, -0.15) is 4.72 Å². The van der Waals surface area contributed by atoms with Crippen molar-refractivity contribution in [2.45, 2.75) is 17.9 Å². The highest BCUT2D eigenvalue weighted by molar-refractivity contribution is 7.89. The first-order valence-electron chi connectivity index (χ1n) is 7.69. The summed E-state index contributed by atoms with van der Waals surface area (Å²) >= 11 is 0. The van der Waals surface area contributed by atoms with E-state index in [-0.39, 0.29) is 10.6 Å². The lowest BCUT2D eigenvalue weighted by atomic mass is 10.3. The van der Waals surface area contributed by atoms with Crippen molar-refractivity contribution in [1.29, 1.82) is 0 Å². The Morgan fingerprint density at radius 3 is 2.33 bits per heavy atom. The molecule has 0 aliphatic rings. The van der Waals surface area contributed by atoms with Gasteiger partial charge in [-0.05, 0) is 43.3 Å². The highest BCUT2D eigenvalue weighted by Gasteiger charge is 2.21. The highest BCUT2D eigenvalue weighted by atomic mass is 32.2. The van der Waals surface area contributed by atoms with Crippen LogP contribution in [-0.4, -0.2) is 32.9 Å². The van der Waals surface area contributed by atoms with Crippen molar-refractivity contribution < 1.29 is 31.5 Å². The van der Waals surface area contributed by atoms with E-state index in [1.807, 2.05) is 4.72 Å². The molecule has 0 aliphatic carbocycles. The number of sulfonamides is 1. The van der Waals surface area contributed by atoms with Crippen LogP contribution < -0.4 is 10.0 Å². The average Bonchev–Trinajstić information content (AvgIpc) is 2.62. The molecule has 0 spiro atoms. The van der Waals surface area contributed by atoms with Crippen LogP contribution in [0.5, 0.6) is 0 Å². The quantitative estimate of drug-likeness (QED) is 0.693. The maximum atomic E-state index is 13.5. The molecule has 0 saturated carbocycles. The summed E-state index contributed by atoms with van der Waals surface area (Å²) in [5.74, 6) is -3.06. The Balaban J connectivity index is 1.88. The topological polar surface area (TPSA) is 102 Å². The van der Waals surface area contributed by atoms with Crippen LogP contribution in [0.4, 0.5) is 14.5 Å². The van der Waals surface area contributed by atoms with Crippen LogP contribution in [0.3, 0.4) is 0 Å². The second-order valence-electron chi connectivity index (χ2n) is 5.38. The SMILES string of the molecule is C[C@H](OC(=O)CNS(=O)(=O)c1ccc(F)cc1)C(=O)Nc1ccccc1F. The fourth-order valence-electron chi connectivity index (χ4n) is 1.94. The molecule has 2 aromatic carbocycles. The number of anilines is 1. The number of ether oxygens (including phenoxy) is 1. The molecule has 1 amide bonds. The van der Waals surface area contributed by atoms with Gasteiger partial charge in [0.05, 0.1) is 10.6 Å². The molecule has 2 rings (SSSR count). The minimum atomic E-state index is -4.05. The monoisotopic (exact) mass is 398 g/mol. The minimum Gasteiger partial charge on any atom is -0.452 e. The summed E-state index contributed by atoms with van der Waals surface area (Å²) in [4.78, 5) is 23.4. The Hall–Kier alpha value is -2.85. The Morgan fingerprint density at radius 2 is 1.70 bits per heavy atom. The van der Waals surface area contributed by atoms with Crippen LogP contribution in [0.1, 0.15) is 6.92 Å². The molecular weight excluding hydrogens is 382 g/mol. The number of carbonyl (C=O) groups is 2. The zero-order chi connectivity index (χ0) is 20.0. The maximum absolute atomic E-state index is 13.5. The summed E-state index contributed by atoms with van der Waals surface area (Å²) in [5, 5.41) is 2.25. The summed E-state index contributed by atoms with van der Waals surface area (Å²) in [6.07, 6.45) is -1.28. The minimum absolute atomic E-state index is 0.0811. The second-order valence-corrected chi connectivity index (χ2v) is 7.15. The van der Waals surface area contributed by atoms with E-state index in [1.165, 1.54) is 25.1 Å². The van der Waals surface area contributed by atoms with E-state index < -0.39 is 46.2 Å². The van der Waals surface area contributed by atoms with Gasteiger partial charge in [-0.1, -0.05) is 12.1 Å². The molecule has 0 bridgehead atoms. The zero-order valence-electron chi connectivity index (χ0n) is 14.1. The van der Waals surface area contributed by atoms with Gasteiger partial charge in [0.15, 0.2) is 6.10 Å². The lowest BCUT2D eigenvalue weighted by Crippen LogP contribution is -2.36. The maximum Gasteiger partial charge on any atom is 0.321 e. The van der Waals surface area contributed by atoms with E-state index in [2.05, 4.69) is 5.32 Å². The number of halogens is 2. The predicted octanol–water partition coefficient (Wildman–Crippen LogP) is 1.81. The average molecular weight is 398 g/mol. The highest BCUT2D eigenvalue weighted by Crippen LogP contribution is 2.13. The molecule has 144 valence electrons. The Labute approximate surface area is 154 Å². The second kappa shape index (κ2) is 8.69. The van der Waals surface area contributed by atoms with Crippen molar-refractivity contribution in [3.8, 4) is 0 Å². The summed E-state index contributed by atoms with van der Waals surface area (Å²) in [5.41, 5.74) is -0.0811. The molecule has 0 radical (unpaired) electrons. The van der Waals surface area contributed by atoms with Gasteiger partial charge in [0.2, 0.25) is 10.0 Å². The molecule has 27 heavy (non-hydrogen) atoms. The first-order valence-corrected chi connectivity index (χ1v) is 9.17. The number of amides is 1. The third-order valence-electron chi connectivity index (χ3n) is 3.34. The van der Waals surface area contributed by atoms with Crippen LogP contribution >= 0.6 is 0 Å². The van der Waals surface area contributed by atoms with Crippen molar-refractivity contribution in [2.75, 3.05) is 11.9 Å². The first kappa shape index (κ1) is 20.5. The summed E-state index contributed by atoms with van der Waals surface area (Å²) in [6, 6.07) is 9.43. The lowest BCUT2D eigenvalue weighted by Gasteiger charge is -2.14. The molecule has 0 aliphatic heterocycles. The van der Waals surface area contributed by atoms with Crippen LogP contribution in [-0.2, 0) is 24.3 Å². The molecule has 0 unspecified atom stereocenters. The molecule has 0 heterocycles. The van der Waals surface area contributed by atoms with Gasteiger partial charge >= 0.3 is 5.97 Å². The molecule has 2 N–H and O–H groups in total. The fourth-order valence-corrected chi connectivity index (χ4v) is 2.91. The summed E-state index contributed by atoms with van der Waals surface area (Å²) in [7, 11) is -4.05. The van der Waals surface area contributed by atoms with E-state index in [4.69, 9.17) is 4.74 Å². The number of para-hydroxylation sites is 1. The van der Waals surface area contributed by atoms with Crippen molar-refractivity contribution in [3.05, 3.63) is 60.2 Å². The zero-order valence-corrected chi connectivity index (χ0v) is 14.9. The first-order chi connectivity index (χ1) is 12.7. The van der Waals surface area contributed by atoms with E-state index in [1.54, 1.807) is 0 Å². The molecular formula is C17H16F2N2O5S. The fraction of sp³-hybridized carbons (Fsp3) is 0.176. The van der Waals surface area contributed by atoms with Gasteiger partial charge in [-0.15, -0.1) is 0 Å². The summed E-state index contributed by atoms with van der Waals surface area (Å²) in [6.45, 7) is 0.513. The Kier molecular flexibility index (Phi) is 6.59. The number of hydrogen-bond donors (Lipinski definition) is 2. The molecule has 0 saturated heterocycles. The van der Waals surface area contributed by atoms with Gasteiger partial charge in [-0.25, -0.2) is 17.2 Å². The molecule has 0 fully saturated rings. The third kappa shape index (κ3) is 5.83. The predicted molar refractivity (Wildman–Crippen MR) is 92.2 cm³/mol. The van der Waals surface area contributed by atoms with Crippen molar-refractivity contribution in [3.63, 3.8) is 0 Å². The van der Waals surface area contributed by atoms with Crippen LogP contribution in [0.2, 0.25) is 0 Å². The van der Waals surface area contributed by atoms with E-state index in [9.17, 15) is 26.8 Å². The van der Waals surface area contributed by atoms with Crippen molar-refractivity contribution >= 4 is 27.6 Å². The molecule has 10 heteroatoms. The molecule has 1 atom stereocenters. The van der Waals surface area contributed by atoms with Crippen molar-refractivity contribution in [1.82, 2.24) is 4.72 Å².